The lowest BCUT2D eigenvalue weighted by Crippen LogP contribution is -2.25. The first-order valence-electron chi connectivity index (χ1n) is 23.7. The summed E-state index contributed by atoms with van der Waals surface area (Å²) in [4.78, 5) is 68.2. The molecule has 0 aliphatic carbocycles. The molecule has 0 bridgehead atoms. The van der Waals surface area contributed by atoms with Gasteiger partial charge in [-0.05, 0) is 68.4 Å². The van der Waals surface area contributed by atoms with E-state index in [1.165, 1.54) is 80.3 Å². The number of likely N-dealkylation sites (N-methyl/N-ethyl adjacent to an activating group) is 3. The molecular weight excluding hydrogens is 889 g/mol. The Morgan fingerprint density at radius 3 is 1.15 bits per heavy atom. The number of rotatable bonds is 3. The third kappa shape index (κ3) is 28.8. The molecule has 3 unspecified atom stereocenters. The van der Waals surface area contributed by atoms with Gasteiger partial charge in [-0.15, -0.1) is 0 Å². The molecule has 4 amide bonds. The number of benzene rings is 4. The predicted octanol–water partition coefficient (Wildman–Crippen LogP) is 12.8. The maximum Gasteiger partial charge on any atom is 0.338 e. The molecule has 396 valence electrons. The maximum atomic E-state index is 11.6. The Morgan fingerprint density at radius 2 is 0.887 bits per heavy atom. The van der Waals surface area contributed by atoms with Gasteiger partial charge in [-0.25, -0.2) is 9.59 Å². The Kier molecular flexibility index (Phi) is 46.6. The van der Waals surface area contributed by atoms with Crippen molar-refractivity contribution in [3.05, 3.63) is 168 Å². The van der Waals surface area contributed by atoms with Crippen LogP contribution in [0.15, 0.2) is 146 Å². The van der Waals surface area contributed by atoms with Gasteiger partial charge < -0.3 is 15.0 Å². The van der Waals surface area contributed by atoms with E-state index in [9.17, 15) is 28.8 Å². The van der Waals surface area contributed by atoms with E-state index >= 15 is 0 Å². The third-order valence-electron chi connectivity index (χ3n) is 10.1. The van der Waals surface area contributed by atoms with E-state index in [4.69, 9.17) is 0 Å². The smallest absolute Gasteiger partial charge is 0.338 e. The quantitative estimate of drug-likeness (QED) is 0.121. The molecule has 3 fully saturated rings. The Bertz CT molecular complexity index is 2000. The number of nitrogens with one attached hydrogen (secondary N) is 1. The fourth-order valence-corrected chi connectivity index (χ4v) is 6.61. The van der Waals surface area contributed by atoms with Crippen LogP contribution in [0.2, 0.25) is 0 Å². The van der Waals surface area contributed by atoms with Crippen LogP contribution in [0.5, 0.6) is 0 Å². The van der Waals surface area contributed by atoms with Crippen LogP contribution >= 0.6 is 0 Å². The van der Waals surface area contributed by atoms with Crippen molar-refractivity contribution in [2.75, 3.05) is 47.3 Å². The summed E-state index contributed by atoms with van der Waals surface area (Å²) in [6, 6.07) is 41.3. The number of ether oxygens (including phenoxy) is 1. The van der Waals surface area contributed by atoms with E-state index in [2.05, 4.69) is 102 Å². The van der Waals surface area contributed by atoms with Crippen LogP contribution in [0.3, 0.4) is 0 Å². The molecule has 1 N–H and O–H groups in total. The minimum absolute atomic E-state index is 0. The topological polar surface area (TPSA) is 133 Å². The molecule has 71 heavy (non-hydrogen) atoms. The van der Waals surface area contributed by atoms with Crippen LogP contribution < -0.4 is 5.32 Å². The second kappa shape index (κ2) is 44.9. The van der Waals surface area contributed by atoms with Crippen LogP contribution in [-0.4, -0.2) is 97.6 Å². The molecule has 4 aromatic rings. The van der Waals surface area contributed by atoms with E-state index in [0.29, 0.717) is 6.42 Å². The number of carbonyl (C=O) groups is 6. The Balaban J connectivity index is -0.000000239. The lowest BCUT2D eigenvalue weighted by Gasteiger charge is -2.09. The number of hydrogen-bond acceptors (Lipinski definition) is 9. The van der Waals surface area contributed by atoms with Crippen LogP contribution in [0, 0.1) is 6.92 Å². The van der Waals surface area contributed by atoms with Gasteiger partial charge in [-0.2, -0.15) is 0 Å². The number of aryl methyl sites for hydroxylation is 1. The number of hydrogen-bond donors (Lipinski definition) is 1. The van der Waals surface area contributed by atoms with Gasteiger partial charge in [0.05, 0.1) is 5.92 Å². The summed E-state index contributed by atoms with van der Waals surface area (Å²) in [5.74, 6) is -0.564. The van der Waals surface area contributed by atoms with Gasteiger partial charge >= 0.3 is 11.9 Å². The van der Waals surface area contributed by atoms with E-state index < -0.39 is 11.9 Å². The fourth-order valence-electron chi connectivity index (χ4n) is 6.61. The SMILES string of the molecule is C.C.C.C.CC.CC.CC.CC.CN1C(=O)C=CC1=O.CN1C(=O)CC(c2ccccc2)C1=O.CN1CCC(c2ccccc2)C1.Cc1ccccc1.O=C1C=CC(=O)O1.c1ccc(C2CCNC2)cc1. The summed E-state index contributed by atoms with van der Waals surface area (Å²) in [5, 5.41) is 3.37. The molecule has 0 spiro atoms. The highest BCUT2D eigenvalue weighted by atomic mass is 16.6. The van der Waals surface area contributed by atoms with Crippen molar-refractivity contribution in [1.82, 2.24) is 20.0 Å². The Morgan fingerprint density at radius 1 is 0.493 bits per heavy atom. The van der Waals surface area contributed by atoms with Crippen molar-refractivity contribution in [2.45, 2.75) is 129 Å². The molecule has 5 aliphatic rings. The minimum atomic E-state index is -0.579. The van der Waals surface area contributed by atoms with Crippen molar-refractivity contribution in [2.24, 2.45) is 0 Å². The molecule has 3 atom stereocenters. The molecular formula is C60H94N4O7. The molecule has 11 heteroatoms. The summed E-state index contributed by atoms with van der Waals surface area (Å²) in [6.07, 6.45) is 7.60. The molecule has 0 aromatic heterocycles. The summed E-state index contributed by atoms with van der Waals surface area (Å²) < 4.78 is 3.97. The predicted molar refractivity (Wildman–Crippen MR) is 300 cm³/mol. The molecule has 5 heterocycles. The maximum absolute atomic E-state index is 11.6. The summed E-state index contributed by atoms with van der Waals surface area (Å²) in [6.45, 7) is 22.9. The highest BCUT2D eigenvalue weighted by Crippen LogP contribution is 2.28. The standard InChI is InChI=1S/C11H11NO2.C11H15N.C10H13N.C7H8.C5H5NO2.C4H2O3.4C2H6.4CH4/c1-12-10(13)7-9(11(12)14)8-5-3-2-4-6-8;1-12-8-7-11(9-12)10-5-3-2-4-6-10;1-2-4-9(5-3-1)10-6-7-11-8-10;1-7-5-3-2-4-6-7;1-6-4(7)2-3-5(6)8;5-3-1-2-4(6)7-3;4*1-2;;;;/h2-6,9H,7H2,1H3;2-6,11H,7-9H2,1H3;1-5,10-11H,6-8H2;2-6H,1H3;2-3H,1H3;1-2H;4*1-2H3;4*1H4. The van der Waals surface area contributed by atoms with Crippen molar-refractivity contribution in [3.63, 3.8) is 0 Å². The molecule has 4 aromatic carbocycles. The number of amides is 4. The normalized spacial score (nSPS) is 17.2. The number of nitrogens with zero attached hydrogens (tertiary/aromatic N) is 3. The fraction of sp³-hybridized carbons (Fsp3) is 0.433. The zero-order chi connectivity index (χ0) is 50.6. The zero-order valence-electron chi connectivity index (χ0n) is 42.2. The average Bonchev–Trinajstić information content (AvgIpc) is 4.26. The first kappa shape index (κ1) is 73.7. The lowest BCUT2D eigenvalue weighted by molar-refractivity contribution is -0.150. The number of imide groups is 2. The van der Waals surface area contributed by atoms with Crippen molar-refractivity contribution < 1.29 is 33.5 Å². The molecule has 11 nitrogen and oxygen atoms in total. The molecule has 0 radical (unpaired) electrons. The van der Waals surface area contributed by atoms with E-state index in [1.54, 1.807) is 0 Å². The lowest BCUT2D eigenvalue weighted by atomic mass is 9.98. The van der Waals surface area contributed by atoms with Crippen molar-refractivity contribution >= 4 is 35.6 Å². The Hall–Kier alpha value is -6.30. The van der Waals surface area contributed by atoms with Crippen LogP contribution in [0.4, 0.5) is 0 Å². The van der Waals surface area contributed by atoms with Crippen LogP contribution in [0.25, 0.3) is 0 Å². The van der Waals surface area contributed by atoms with Gasteiger partial charge in [0, 0.05) is 57.9 Å². The first-order chi connectivity index (χ1) is 32.4. The van der Waals surface area contributed by atoms with Gasteiger partial charge in [0.2, 0.25) is 11.8 Å². The number of likely N-dealkylation sites (tertiary alicyclic amines) is 2. The highest BCUT2D eigenvalue weighted by Gasteiger charge is 2.36. The molecule has 9 rings (SSSR count). The molecule has 0 saturated carbocycles. The second-order valence-electron chi connectivity index (χ2n) is 14.5. The summed E-state index contributed by atoms with van der Waals surface area (Å²) in [5.41, 5.74) is 5.23. The van der Waals surface area contributed by atoms with Crippen molar-refractivity contribution in [3.8, 4) is 0 Å². The highest BCUT2D eigenvalue weighted by molar-refractivity contribution is 6.12. The zero-order valence-corrected chi connectivity index (χ0v) is 42.2. The van der Waals surface area contributed by atoms with Gasteiger partial charge in [0.25, 0.3) is 11.8 Å². The summed E-state index contributed by atoms with van der Waals surface area (Å²) in [7, 11) is 5.18. The number of esters is 2. The van der Waals surface area contributed by atoms with Crippen LogP contribution in [-0.2, 0) is 33.5 Å². The van der Waals surface area contributed by atoms with E-state index in [1.807, 2.05) is 104 Å². The monoisotopic (exact) mass is 983 g/mol. The Labute approximate surface area is 431 Å². The van der Waals surface area contributed by atoms with Gasteiger partial charge in [-0.1, -0.05) is 212 Å². The van der Waals surface area contributed by atoms with E-state index in [-0.39, 0.29) is 59.3 Å². The largest absolute Gasteiger partial charge is 0.387 e. The average molecular weight is 983 g/mol. The second-order valence-corrected chi connectivity index (χ2v) is 14.5. The number of carbonyl (C=O) groups excluding carboxylic acids is 6. The van der Waals surface area contributed by atoms with Gasteiger partial charge in [0.15, 0.2) is 0 Å². The van der Waals surface area contributed by atoms with Gasteiger partial charge in [0.1, 0.15) is 0 Å². The van der Waals surface area contributed by atoms with Crippen molar-refractivity contribution in [1.29, 1.82) is 0 Å². The first-order valence-corrected chi connectivity index (χ1v) is 23.7. The van der Waals surface area contributed by atoms with Crippen LogP contribution in [0.1, 0.15) is 144 Å². The molecule has 5 aliphatic heterocycles. The number of cyclic esters (lactones) is 2. The third-order valence-corrected chi connectivity index (χ3v) is 10.1. The summed E-state index contributed by atoms with van der Waals surface area (Å²) >= 11 is 0. The van der Waals surface area contributed by atoms with E-state index in [0.717, 1.165) is 41.0 Å². The molecule has 3 saturated heterocycles. The van der Waals surface area contributed by atoms with Gasteiger partial charge in [-0.3, -0.25) is 29.0 Å². The minimum Gasteiger partial charge on any atom is -0.387 e.